The molecule has 4 aromatic heterocycles. The first kappa shape index (κ1) is 16.6. The Morgan fingerprint density at radius 3 is 2.96 bits per heavy atom. The van der Waals surface area contributed by atoms with Crippen molar-refractivity contribution in [2.45, 2.75) is 25.4 Å². The lowest BCUT2D eigenvalue weighted by molar-refractivity contribution is 0.489. The maximum absolute atomic E-state index is 12.4. The van der Waals surface area contributed by atoms with Crippen LogP contribution in [-0.4, -0.2) is 41.9 Å². The van der Waals surface area contributed by atoms with Crippen molar-refractivity contribution in [3.8, 4) is 11.3 Å². The Bertz CT molecular complexity index is 1170. The van der Waals surface area contributed by atoms with Crippen molar-refractivity contribution in [1.29, 1.82) is 0 Å². The summed E-state index contributed by atoms with van der Waals surface area (Å²) >= 11 is 0. The quantitative estimate of drug-likeness (QED) is 0.544. The van der Waals surface area contributed by atoms with E-state index in [9.17, 15) is 4.79 Å². The zero-order valence-corrected chi connectivity index (χ0v) is 15.2. The van der Waals surface area contributed by atoms with E-state index in [2.05, 4.69) is 25.1 Å². The smallest absolute Gasteiger partial charge is 0.266 e. The van der Waals surface area contributed by atoms with Crippen LogP contribution in [0.3, 0.4) is 0 Å². The lowest BCUT2D eigenvalue weighted by atomic mass is 10.2. The first-order chi connectivity index (χ1) is 13.8. The van der Waals surface area contributed by atoms with Crippen LogP contribution in [0.2, 0.25) is 0 Å². The first-order valence-electron chi connectivity index (χ1n) is 9.33. The summed E-state index contributed by atoms with van der Waals surface area (Å²) in [6.07, 6.45) is 10.9. The molecular formula is C20H19N7O. The number of hydrogen-bond donors (Lipinski definition) is 0. The second-order valence-corrected chi connectivity index (χ2v) is 6.88. The molecule has 0 bridgehead atoms. The van der Waals surface area contributed by atoms with Gasteiger partial charge in [0, 0.05) is 43.0 Å². The molecule has 1 aliphatic heterocycles. The average Bonchev–Trinajstić information content (AvgIpc) is 3.39. The molecule has 28 heavy (non-hydrogen) atoms. The van der Waals surface area contributed by atoms with E-state index in [1.54, 1.807) is 41.6 Å². The van der Waals surface area contributed by atoms with Crippen molar-refractivity contribution in [3.05, 3.63) is 71.7 Å². The molecule has 0 amide bonds. The highest BCUT2D eigenvalue weighted by Crippen LogP contribution is 2.27. The van der Waals surface area contributed by atoms with Gasteiger partial charge in [0.25, 0.3) is 5.56 Å². The van der Waals surface area contributed by atoms with Gasteiger partial charge in [-0.05, 0) is 37.1 Å². The molecule has 4 aromatic rings. The fourth-order valence-electron chi connectivity index (χ4n) is 3.82. The predicted molar refractivity (Wildman–Crippen MR) is 105 cm³/mol. The predicted octanol–water partition coefficient (Wildman–Crippen LogP) is 2.02. The van der Waals surface area contributed by atoms with Crippen LogP contribution < -0.4 is 10.5 Å². The minimum Gasteiger partial charge on any atom is -0.350 e. The monoisotopic (exact) mass is 373 g/mol. The highest BCUT2D eigenvalue weighted by atomic mass is 16.1. The molecule has 1 unspecified atom stereocenters. The van der Waals surface area contributed by atoms with Crippen molar-refractivity contribution in [2.24, 2.45) is 0 Å². The number of aromatic nitrogens is 6. The van der Waals surface area contributed by atoms with Crippen LogP contribution in [0.1, 0.15) is 12.8 Å². The Morgan fingerprint density at radius 1 is 1.11 bits per heavy atom. The molecule has 0 saturated carbocycles. The number of fused-ring (bicyclic) bond motifs is 1. The summed E-state index contributed by atoms with van der Waals surface area (Å²) < 4.78 is 3.38. The molecule has 0 N–H and O–H groups in total. The molecular weight excluding hydrogens is 354 g/mol. The minimum atomic E-state index is -0.102. The lowest BCUT2D eigenvalue weighted by Crippen LogP contribution is -2.37. The summed E-state index contributed by atoms with van der Waals surface area (Å²) in [5.41, 5.74) is 2.51. The molecule has 5 rings (SSSR count). The number of hydrogen-bond acceptors (Lipinski definition) is 6. The van der Waals surface area contributed by atoms with E-state index in [-0.39, 0.29) is 11.6 Å². The summed E-state index contributed by atoms with van der Waals surface area (Å²) in [6, 6.07) is 9.24. The van der Waals surface area contributed by atoms with Crippen LogP contribution in [0.5, 0.6) is 0 Å². The standard InChI is InChI=1S/C20H19N7O/c28-19-6-5-17(15-3-1-8-21-13-15)24-27(19)14-16-4-2-11-25(16)20-18-7-9-23-26(18)12-10-22-20/h1,3,5-10,12-13,16H,2,4,11,14H2. The number of rotatable bonds is 4. The van der Waals surface area contributed by atoms with Crippen LogP contribution >= 0.6 is 0 Å². The molecule has 8 nitrogen and oxygen atoms in total. The van der Waals surface area contributed by atoms with Crippen LogP contribution in [0.4, 0.5) is 5.82 Å². The Kier molecular flexibility index (Phi) is 4.08. The lowest BCUT2D eigenvalue weighted by Gasteiger charge is -2.26. The molecule has 1 aliphatic rings. The second-order valence-electron chi connectivity index (χ2n) is 6.88. The van der Waals surface area contributed by atoms with Gasteiger partial charge in [0.05, 0.1) is 24.5 Å². The van der Waals surface area contributed by atoms with Crippen molar-refractivity contribution in [3.63, 3.8) is 0 Å². The second kappa shape index (κ2) is 6.88. The number of nitrogens with zero attached hydrogens (tertiary/aromatic N) is 7. The Morgan fingerprint density at radius 2 is 2.07 bits per heavy atom. The average molecular weight is 373 g/mol. The topological polar surface area (TPSA) is 81.2 Å². The van der Waals surface area contributed by atoms with E-state index in [1.807, 2.05) is 28.9 Å². The van der Waals surface area contributed by atoms with Gasteiger partial charge in [-0.3, -0.25) is 9.78 Å². The molecule has 140 valence electrons. The largest absolute Gasteiger partial charge is 0.350 e. The Labute approximate surface area is 161 Å². The third-order valence-corrected chi connectivity index (χ3v) is 5.16. The van der Waals surface area contributed by atoms with Crippen molar-refractivity contribution >= 4 is 11.3 Å². The van der Waals surface area contributed by atoms with Gasteiger partial charge in [0.15, 0.2) is 5.82 Å². The van der Waals surface area contributed by atoms with E-state index >= 15 is 0 Å². The molecule has 0 spiro atoms. The van der Waals surface area contributed by atoms with Gasteiger partial charge in [0.2, 0.25) is 0 Å². The van der Waals surface area contributed by atoms with Crippen LogP contribution in [0.25, 0.3) is 16.8 Å². The van der Waals surface area contributed by atoms with Crippen LogP contribution in [-0.2, 0) is 6.54 Å². The molecule has 8 heteroatoms. The van der Waals surface area contributed by atoms with Crippen molar-refractivity contribution < 1.29 is 0 Å². The molecule has 5 heterocycles. The van der Waals surface area contributed by atoms with Gasteiger partial charge < -0.3 is 4.90 Å². The van der Waals surface area contributed by atoms with E-state index in [0.717, 1.165) is 42.0 Å². The normalized spacial score (nSPS) is 16.7. The number of anilines is 1. The van der Waals surface area contributed by atoms with Crippen molar-refractivity contribution in [1.82, 2.24) is 29.4 Å². The fraction of sp³-hybridized carbons (Fsp3) is 0.250. The maximum atomic E-state index is 12.4. The van der Waals surface area contributed by atoms with Crippen molar-refractivity contribution in [2.75, 3.05) is 11.4 Å². The molecule has 1 atom stereocenters. The summed E-state index contributed by atoms with van der Waals surface area (Å²) in [5.74, 6) is 0.902. The van der Waals surface area contributed by atoms with E-state index in [0.29, 0.717) is 6.54 Å². The van der Waals surface area contributed by atoms with Gasteiger partial charge in [-0.15, -0.1) is 0 Å². The zero-order chi connectivity index (χ0) is 18.9. The SMILES string of the molecule is O=c1ccc(-c2cccnc2)nn1CC1CCCN1c1nccn2nccc12. The third-order valence-electron chi connectivity index (χ3n) is 5.16. The van der Waals surface area contributed by atoms with Gasteiger partial charge in [-0.2, -0.15) is 10.2 Å². The third kappa shape index (κ3) is 2.92. The Hall–Kier alpha value is -3.55. The van der Waals surface area contributed by atoms with Crippen LogP contribution in [0.15, 0.2) is 66.1 Å². The minimum absolute atomic E-state index is 0.102. The first-order valence-corrected chi connectivity index (χ1v) is 9.33. The highest BCUT2D eigenvalue weighted by molar-refractivity contribution is 5.69. The van der Waals surface area contributed by atoms with Gasteiger partial charge in [0.1, 0.15) is 5.52 Å². The molecule has 0 radical (unpaired) electrons. The summed E-state index contributed by atoms with van der Waals surface area (Å²) in [7, 11) is 0. The number of pyridine rings is 1. The molecule has 0 aromatic carbocycles. The highest BCUT2D eigenvalue weighted by Gasteiger charge is 2.28. The van der Waals surface area contributed by atoms with E-state index in [1.165, 1.54) is 0 Å². The zero-order valence-electron chi connectivity index (χ0n) is 15.2. The molecule has 1 saturated heterocycles. The fourth-order valence-corrected chi connectivity index (χ4v) is 3.82. The van der Waals surface area contributed by atoms with Gasteiger partial charge in [-0.1, -0.05) is 0 Å². The Balaban J connectivity index is 1.47. The summed E-state index contributed by atoms with van der Waals surface area (Å²) in [6.45, 7) is 1.42. The summed E-state index contributed by atoms with van der Waals surface area (Å²) in [4.78, 5) is 23.4. The molecule has 1 fully saturated rings. The van der Waals surface area contributed by atoms with E-state index < -0.39 is 0 Å². The van der Waals surface area contributed by atoms with Gasteiger partial charge in [-0.25, -0.2) is 14.2 Å². The van der Waals surface area contributed by atoms with Gasteiger partial charge >= 0.3 is 0 Å². The van der Waals surface area contributed by atoms with E-state index in [4.69, 9.17) is 0 Å². The van der Waals surface area contributed by atoms with Crippen LogP contribution in [0, 0.1) is 0 Å². The maximum Gasteiger partial charge on any atom is 0.266 e. The summed E-state index contributed by atoms with van der Waals surface area (Å²) in [5, 5.41) is 8.88. The molecule has 0 aliphatic carbocycles.